The molecule has 8 nitrogen and oxygen atoms in total. The van der Waals surface area contributed by atoms with Crippen LogP contribution >= 0.6 is 0 Å². The van der Waals surface area contributed by atoms with Crippen LogP contribution in [0.2, 0.25) is 0 Å². The molecule has 1 aromatic carbocycles. The summed E-state index contributed by atoms with van der Waals surface area (Å²) in [5.41, 5.74) is 1.38. The Labute approximate surface area is 231 Å². The van der Waals surface area contributed by atoms with E-state index in [-0.39, 0.29) is 5.82 Å². The van der Waals surface area contributed by atoms with Crippen LogP contribution in [-0.2, 0) is 27.4 Å². The van der Waals surface area contributed by atoms with Gasteiger partial charge in [0, 0.05) is 32.7 Å². The molecule has 1 aromatic heterocycles. The summed E-state index contributed by atoms with van der Waals surface area (Å²) in [6, 6.07) is 11.0. The monoisotopic (exact) mass is 600 g/mol. The first-order valence-electron chi connectivity index (χ1n) is 12.4. The molecule has 0 radical (unpaired) electrons. The molecule has 2 saturated heterocycles. The fourth-order valence-electron chi connectivity index (χ4n) is 4.93. The van der Waals surface area contributed by atoms with Crippen molar-refractivity contribution >= 4 is 11.9 Å². The molecule has 2 aromatic rings. The summed E-state index contributed by atoms with van der Waals surface area (Å²) >= 11 is 0. The average molecular weight is 601 g/mol. The number of piperidine rings is 1. The van der Waals surface area contributed by atoms with E-state index in [0.29, 0.717) is 11.3 Å². The summed E-state index contributed by atoms with van der Waals surface area (Å²) in [5.74, 6) is -4.06. The highest BCUT2D eigenvalue weighted by molar-refractivity contribution is 5.73. The molecule has 2 N–H and O–H groups in total. The lowest BCUT2D eigenvalue weighted by atomic mass is 9.71. The molecule has 0 bridgehead atoms. The number of ether oxygens (including phenoxy) is 1. The molecule has 15 heteroatoms. The van der Waals surface area contributed by atoms with Gasteiger partial charge >= 0.3 is 24.3 Å². The van der Waals surface area contributed by atoms with Gasteiger partial charge in [-0.1, -0.05) is 12.1 Å². The third-order valence-electron chi connectivity index (χ3n) is 6.84. The number of alkyl halides is 6. The Morgan fingerprint density at radius 1 is 0.976 bits per heavy atom. The Morgan fingerprint density at radius 3 is 2.02 bits per heavy atom. The quantitative estimate of drug-likeness (QED) is 0.445. The van der Waals surface area contributed by atoms with Crippen LogP contribution in [0.4, 0.5) is 30.7 Å². The molecule has 2 aliphatic heterocycles. The van der Waals surface area contributed by atoms with Crippen molar-refractivity contribution in [2.24, 2.45) is 11.3 Å². The predicted octanol–water partition coefficient (Wildman–Crippen LogP) is 5.05. The topological polar surface area (TPSA) is 103 Å². The number of furan rings is 1. The third kappa shape index (κ3) is 11.0. The number of methoxy groups -OCH3 is 1. The van der Waals surface area contributed by atoms with E-state index in [1.807, 2.05) is 19.2 Å². The van der Waals surface area contributed by atoms with Crippen molar-refractivity contribution in [2.75, 3.05) is 39.9 Å². The van der Waals surface area contributed by atoms with Gasteiger partial charge in [-0.3, -0.25) is 9.80 Å². The van der Waals surface area contributed by atoms with E-state index in [2.05, 4.69) is 15.9 Å². The Kier molecular flexibility index (Phi) is 12.2. The van der Waals surface area contributed by atoms with Gasteiger partial charge in [0.2, 0.25) is 0 Å². The van der Waals surface area contributed by atoms with Crippen molar-refractivity contribution in [3.8, 4) is 0 Å². The van der Waals surface area contributed by atoms with Crippen molar-refractivity contribution in [3.63, 3.8) is 0 Å². The van der Waals surface area contributed by atoms with Crippen LogP contribution in [-0.4, -0.2) is 84.2 Å². The summed E-state index contributed by atoms with van der Waals surface area (Å²) in [6.07, 6.45) is -6.07. The van der Waals surface area contributed by atoms with Crippen LogP contribution < -0.4 is 0 Å². The van der Waals surface area contributed by atoms with Gasteiger partial charge in [-0.15, -0.1) is 0 Å². The molecule has 2 aliphatic rings. The summed E-state index contributed by atoms with van der Waals surface area (Å²) in [4.78, 5) is 22.8. The van der Waals surface area contributed by atoms with E-state index in [1.165, 1.54) is 18.9 Å². The average Bonchev–Trinajstić information content (AvgIpc) is 3.49. The van der Waals surface area contributed by atoms with E-state index in [0.717, 1.165) is 57.2 Å². The van der Waals surface area contributed by atoms with Crippen molar-refractivity contribution < 1.29 is 59.7 Å². The van der Waals surface area contributed by atoms with E-state index < -0.39 is 24.3 Å². The Bertz CT molecular complexity index is 1080. The second-order valence-electron chi connectivity index (χ2n) is 9.78. The predicted molar refractivity (Wildman–Crippen MR) is 130 cm³/mol. The van der Waals surface area contributed by atoms with Gasteiger partial charge in [-0.2, -0.15) is 26.3 Å². The van der Waals surface area contributed by atoms with Gasteiger partial charge in [-0.25, -0.2) is 14.0 Å². The number of likely N-dealkylation sites (tertiary alicyclic amines) is 2. The molecule has 1 atom stereocenters. The first-order chi connectivity index (χ1) is 19.1. The molecule has 230 valence electrons. The van der Waals surface area contributed by atoms with E-state index in [1.54, 1.807) is 18.4 Å². The first-order valence-corrected chi connectivity index (χ1v) is 12.4. The zero-order chi connectivity index (χ0) is 30.8. The largest absolute Gasteiger partial charge is 0.490 e. The van der Waals surface area contributed by atoms with Crippen LogP contribution in [0.15, 0.2) is 47.1 Å². The zero-order valence-electron chi connectivity index (χ0n) is 22.1. The second kappa shape index (κ2) is 14.6. The van der Waals surface area contributed by atoms with Crippen molar-refractivity contribution in [2.45, 2.75) is 38.3 Å². The highest BCUT2D eigenvalue weighted by Crippen LogP contribution is 2.45. The minimum Gasteiger partial charge on any atom is -0.475 e. The van der Waals surface area contributed by atoms with Crippen LogP contribution in [0.3, 0.4) is 0 Å². The number of halogens is 7. The highest BCUT2D eigenvalue weighted by atomic mass is 19.4. The lowest BCUT2D eigenvalue weighted by Gasteiger charge is -2.42. The number of nitrogens with zero attached hydrogens (tertiary/aromatic N) is 2. The van der Waals surface area contributed by atoms with Gasteiger partial charge in [0.15, 0.2) is 0 Å². The SMILES string of the molecule is COCC1CN(Cc2ccco2)CC12CCN(Cc1cccc(F)c1)CC2.O=C(O)C(F)(F)F.O=C(O)C(F)(F)F. The van der Waals surface area contributed by atoms with E-state index in [4.69, 9.17) is 29.0 Å². The molecule has 4 rings (SSSR count). The number of hydrogen-bond donors (Lipinski definition) is 2. The van der Waals surface area contributed by atoms with Gasteiger partial charge < -0.3 is 19.4 Å². The minimum atomic E-state index is -5.08. The van der Waals surface area contributed by atoms with E-state index in [9.17, 15) is 30.7 Å². The smallest absolute Gasteiger partial charge is 0.475 e. The summed E-state index contributed by atoms with van der Waals surface area (Å²) in [7, 11) is 1.81. The molecule has 1 unspecified atom stereocenters. The lowest BCUT2D eigenvalue weighted by molar-refractivity contribution is -0.193. The number of aliphatic carboxylic acids is 2. The molecule has 3 heterocycles. The number of benzene rings is 1. The third-order valence-corrected chi connectivity index (χ3v) is 6.84. The molecule has 41 heavy (non-hydrogen) atoms. The zero-order valence-corrected chi connectivity index (χ0v) is 22.1. The number of carboxylic acids is 2. The molecule has 2 fully saturated rings. The van der Waals surface area contributed by atoms with Gasteiger partial charge in [-0.05, 0) is 61.2 Å². The molecule has 1 spiro atoms. The maximum atomic E-state index is 13.5. The fraction of sp³-hybridized carbons (Fsp3) is 0.538. The van der Waals surface area contributed by atoms with Crippen LogP contribution in [0.1, 0.15) is 24.2 Å². The van der Waals surface area contributed by atoms with Crippen molar-refractivity contribution in [1.82, 2.24) is 9.80 Å². The van der Waals surface area contributed by atoms with Gasteiger partial charge in [0.25, 0.3) is 0 Å². The van der Waals surface area contributed by atoms with Crippen molar-refractivity contribution in [1.29, 1.82) is 0 Å². The number of carboxylic acid groups (broad SMARTS) is 2. The van der Waals surface area contributed by atoms with Gasteiger partial charge in [0.05, 0.1) is 19.4 Å². The van der Waals surface area contributed by atoms with Crippen LogP contribution in [0.5, 0.6) is 0 Å². The molecule has 0 saturated carbocycles. The number of hydrogen-bond acceptors (Lipinski definition) is 6. The molecule has 0 aliphatic carbocycles. The summed E-state index contributed by atoms with van der Waals surface area (Å²) in [5, 5.41) is 14.2. The lowest BCUT2D eigenvalue weighted by Crippen LogP contribution is -2.44. The maximum Gasteiger partial charge on any atom is 0.490 e. The standard InChI is InChI=1S/C22H29FN2O2.2C2HF3O2/c1-26-16-19-14-25(15-21-6-3-11-27-21)17-22(19)7-9-24(10-8-22)13-18-4-2-5-20(23)12-18;2*3-2(4,5)1(6)7/h2-6,11-12,19H,7-10,13-17H2,1H3;2*(H,6,7). The molecular weight excluding hydrogens is 569 g/mol. The van der Waals surface area contributed by atoms with Crippen LogP contribution in [0.25, 0.3) is 0 Å². The normalized spacial score (nSPS) is 19.2. The number of rotatable bonds is 6. The first kappa shape index (κ1) is 34.0. The molecular formula is C26H31F7N2O6. The highest BCUT2D eigenvalue weighted by Gasteiger charge is 2.47. The van der Waals surface area contributed by atoms with Gasteiger partial charge in [0.1, 0.15) is 11.6 Å². The molecule has 0 amide bonds. The maximum absolute atomic E-state index is 13.5. The Balaban J connectivity index is 0.000000349. The summed E-state index contributed by atoms with van der Waals surface area (Å²) in [6.45, 7) is 6.82. The van der Waals surface area contributed by atoms with Crippen LogP contribution in [0, 0.1) is 17.2 Å². The second-order valence-corrected chi connectivity index (χ2v) is 9.78. The Hall–Kier alpha value is -3.17. The Morgan fingerprint density at radius 2 is 1.56 bits per heavy atom. The van der Waals surface area contributed by atoms with Crippen molar-refractivity contribution in [3.05, 3.63) is 59.8 Å². The fourth-order valence-corrected chi connectivity index (χ4v) is 4.93. The minimum absolute atomic E-state index is 0.148. The van der Waals surface area contributed by atoms with E-state index >= 15 is 0 Å². The summed E-state index contributed by atoms with van der Waals surface area (Å²) < 4.78 is 88.0. The number of carbonyl (C=O) groups is 2.